The minimum atomic E-state index is -0.259. The van der Waals surface area contributed by atoms with E-state index in [-0.39, 0.29) is 5.56 Å². The van der Waals surface area contributed by atoms with Gasteiger partial charge in [0, 0.05) is 34.6 Å². The van der Waals surface area contributed by atoms with Gasteiger partial charge in [0.2, 0.25) is 5.56 Å². The summed E-state index contributed by atoms with van der Waals surface area (Å²) in [6, 6.07) is 15.2. The highest BCUT2D eigenvalue weighted by Gasteiger charge is 2.18. The number of nitrogens with zero attached hydrogens (tertiary/aromatic N) is 1. The summed E-state index contributed by atoms with van der Waals surface area (Å²) >= 11 is 6.35. The molecule has 0 radical (unpaired) electrons. The Balaban J connectivity index is 2.09. The number of carbonyl (C=O) groups is 1. The first-order valence-electron chi connectivity index (χ1n) is 7.93. The molecule has 124 valence electrons. The van der Waals surface area contributed by atoms with Crippen LogP contribution in [-0.4, -0.2) is 15.8 Å². The van der Waals surface area contributed by atoms with Crippen molar-refractivity contribution in [2.45, 2.75) is 13.5 Å². The highest BCUT2D eigenvalue weighted by Crippen LogP contribution is 2.34. The molecule has 4 aromatic rings. The second kappa shape index (κ2) is 5.90. The number of aromatic amines is 1. The van der Waals surface area contributed by atoms with Crippen LogP contribution in [0.25, 0.3) is 21.8 Å². The number of halogens is 1. The fourth-order valence-electron chi connectivity index (χ4n) is 3.42. The molecule has 0 fully saturated rings. The van der Waals surface area contributed by atoms with Gasteiger partial charge >= 0.3 is 0 Å². The van der Waals surface area contributed by atoms with Gasteiger partial charge in [-0.3, -0.25) is 9.59 Å². The van der Waals surface area contributed by atoms with Gasteiger partial charge in [-0.1, -0.05) is 41.9 Å². The summed E-state index contributed by atoms with van der Waals surface area (Å²) in [5.74, 6) is 0. The van der Waals surface area contributed by atoms with Gasteiger partial charge < -0.3 is 9.55 Å². The smallest absolute Gasteiger partial charge is 0.249 e. The van der Waals surface area contributed by atoms with E-state index in [1.807, 2.05) is 37.3 Å². The summed E-state index contributed by atoms with van der Waals surface area (Å²) in [4.78, 5) is 26.3. The topological polar surface area (TPSA) is 54.9 Å². The molecule has 0 amide bonds. The van der Waals surface area contributed by atoms with Crippen LogP contribution in [0, 0.1) is 6.92 Å². The Kier molecular flexibility index (Phi) is 3.70. The van der Waals surface area contributed by atoms with E-state index in [0.717, 1.165) is 28.4 Å². The summed E-state index contributed by atoms with van der Waals surface area (Å²) < 4.78 is 2.11. The number of H-pyrrole nitrogens is 1. The predicted octanol–water partition coefficient (Wildman–Crippen LogP) is 4.31. The van der Waals surface area contributed by atoms with E-state index in [4.69, 9.17) is 11.6 Å². The van der Waals surface area contributed by atoms with E-state index < -0.39 is 0 Å². The molecule has 2 heterocycles. The van der Waals surface area contributed by atoms with Crippen LogP contribution in [0.3, 0.4) is 0 Å². The first kappa shape index (κ1) is 15.7. The van der Waals surface area contributed by atoms with Crippen LogP contribution in [-0.2, 0) is 6.54 Å². The van der Waals surface area contributed by atoms with Gasteiger partial charge in [0.05, 0.1) is 16.1 Å². The van der Waals surface area contributed by atoms with Crippen LogP contribution < -0.4 is 5.56 Å². The minimum Gasteiger partial charge on any atom is -0.340 e. The lowest BCUT2D eigenvalue weighted by Crippen LogP contribution is -2.04. The van der Waals surface area contributed by atoms with Crippen LogP contribution in [0.15, 0.2) is 53.3 Å². The molecule has 2 aromatic carbocycles. The predicted molar refractivity (Wildman–Crippen MR) is 101 cm³/mol. The lowest BCUT2D eigenvalue weighted by Gasteiger charge is -2.09. The van der Waals surface area contributed by atoms with Crippen LogP contribution in [0.2, 0.25) is 5.02 Å². The van der Waals surface area contributed by atoms with Crippen LogP contribution in [0.4, 0.5) is 0 Å². The molecule has 0 saturated heterocycles. The van der Waals surface area contributed by atoms with Crippen LogP contribution in [0.1, 0.15) is 21.6 Å². The van der Waals surface area contributed by atoms with E-state index in [9.17, 15) is 9.59 Å². The fourth-order valence-corrected chi connectivity index (χ4v) is 3.71. The average Bonchev–Trinajstić information content (AvgIpc) is 2.86. The Morgan fingerprint density at radius 1 is 1.12 bits per heavy atom. The number of aromatic nitrogens is 2. The maximum absolute atomic E-state index is 11.8. The molecule has 0 atom stereocenters. The van der Waals surface area contributed by atoms with E-state index in [1.165, 1.54) is 6.07 Å². The molecular weight excluding hydrogens is 336 g/mol. The van der Waals surface area contributed by atoms with Crippen molar-refractivity contribution in [3.8, 4) is 0 Å². The zero-order chi connectivity index (χ0) is 17.6. The molecule has 0 bridgehead atoms. The third-order valence-corrected chi connectivity index (χ3v) is 4.89. The molecule has 0 unspecified atom stereocenters. The first-order chi connectivity index (χ1) is 12.1. The standard InChI is InChI=1S/C20H15ClN2O2/c1-12-14(11-24)19-17(23(12)10-13-5-3-2-4-6-13)8-7-16-20(19)15(21)9-18(25)22-16/h2-9,11H,10H2,1H3,(H,22,25). The Bertz CT molecular complexity index is 1170. The third kappa shape index (κ3) is 2.46. The number of fused-ring (bicyclic) bond motifs is 3. The molecule has 0 spiro atoms. The zero-order valence-corrected chi connectivity index (χ0v) is 14.3. The number of nitrogens with one attached hydrogen (secondary N) is 1. The number of hydrogen-bond donors (Lipinski definition) is 1. The van der Waals surface area contributed by atoms with E-state index in [2.05, 4.69) is 21.7 Å². The van der Waals surface area contributed by atoms with Crippen molar-refractivity contribution in [2.75, 3.05) is 0 Å². The number of carbonyl (C=O) groups excluding carboxylic acids is 1. The Morgan fingerprint density at radius 2 is 1.88 bits per heavy atom. The van der Waals surface area contributed by atoms with Gasteiger partial charge in [-0.2, -0.15) is 0 Å². The average molecular weight is 351 g/mol. The van der Waals surface area contributed by atoms with Crippen LogP contribution >= 0.6 is 11.6 Å². The molecule has 25 heavy (non-hydrogen) atoms. The van der Waals surface area contributed by atoms with Crippen LogP contribution in [0.5, 0.6) is 0 Å². The highest BCUT2D eigenvalue weighted by molar-refractivity contribution is 6.38. The largest absolute Gasteiger partial charge is 0.340 e. The second-order valence-electron chi connectivity index (χ2n) is 6.05. The fraction of sp³-hybridized carbons (Fsp3) is 0.100. The summed E-state index contributed by atoms with van der Waals surface area (Å²) in [7, 11) is 0. The Labute approximate surface area is 148 Å². The summed E-state index contributed by atoms with van der Waals surface area (Å²) in [5.41, 5.74) is 3.92. The van der Waals surface area contributed by atoms with Crippen molar-refractivity contribution in [3.05, 3.63) is 80.7 Å². The van der Waals surface area contributed by atoms with Crippen molar-refractivity contribution in [3.63, 3.8) is 0 Å². The maximum Gasteiger partial charge on any atom is 0.249 e. The Morgan fingerprint density at radius 3 is 2.60 bits per heavy atom. The zero-order valence-electron chi connectivity index (χ0n) is 13.5. The molecule has 5 heteroatoms. The lowest BCUT2D eigenvalue weighted by atomic mass is 10.1. The van der Waals surface area contributed by atoms with E-state index >= 15 is 0 Å². The van der Waals surface area contributed by atoms with Gasteiger partial charge in [0.25, 0.3) is 0 Å². The van der Waals surface area contributed by atoms with Gasteiger partial charge in [-0.25, -0.2) is 0 Å². The SMILES string of the molecule is Cc1c(C=O)c2c3c(Cl)cc(=O)[nH]c3ccc2n1Cc1ccccc1. The molecule has 0 aliphatic heterocycles. The quantitative estimate of drug-likeness (QED) is 0.560. The molecule has 0 saturated carbocycles. The number of aldehydes is 1. The van der Waals surface area contributed by atoms with E-state index in [1.54, 1.807) is 0 Å². The van der Waals surface area contributed by atoms with Crippen molar-refractivity contribution in [1.82, 2.24) is 9.55 Å². The molecular formula is C20H15ClN2O2. The Hall–Kier alpha value is -2.85. The van der Waals surface area contributed by atoms with Crippen molar-refractivity contribution in [1.29, 1.82) is 0 Å². The van der Waals surface area contributed by atoms with E-state index in [0.29, 0.717) is 28.0 Å². The second-order valence-corrected chi connectivity index (χ2v) is 6.46. The molecule has 1 N–H and O–H groups in total. The van der Waals surface area contributed by atoms with Crippen molar-refractivity contribution < 1.29 is 4.79 Å². The van der Waals surface area contributed by atoms with Gasteiger partial charge in [-0.05, 0) is 24.6 Å². The van der Waals surface area contributed by atoms with Crippen molar-refractivity contribution >= 4 is 39.7 Å². The summed E-state index contributed by atoms with van der Waals surface area (Å²) in [6.45, 7) is 2.58. The van der Waals surface area contributed by atoms with Gasteiger partial charge in [0.1, 0.15) is 0 Å². The van der Waals surface area contributed by atoms with Crippen molar-refractivity contribution in [2.24, 2.45) is 0 Å². The molecule has 0 aliphatic carbocycles. The normalized spacial score (nSPS) is 11.3. The minimum absolute atomic E-state index is 0.259. The van der Waals surface area contributed by atoms with Gasteiger partial charge in [0.15, 0.2) is 6.29 Å². The molecule has 4 rings (SSSR count). The summed E-state index contributed by atoms with van der Waals surface area (Å²) in [6.07, 6.45) is 0.861. The number of benzene rings is 2. The third-order valence-electron chi connectivity index (χ3n) is 4.59. The monoisotopic (exact) mass is 350 g/mol. The molecule has 0 aliphatic rings. The molecule has 4 nitrogen and oxygen atoms in total. The summed E-state index contributed by atoms with van der Waals surface area (Å²) in [5, 5.41) is 1.84. The first-order valence-corrected chi connectivity index (χ1v) is 8.31. The maximum atomic E-state index is 11.8. The highest BCUT2D eigenvalue weighted by atomic mass is 35.5. The number of hydrogen-bond acceptors (Lipinski definition) is 2. The number of rotatable bonds is 3. The van der Waals surface area contributed by atoms with Gasteiger partial charge in [-0.15, -0.1) is 0 Å². The number of pyridine rings is 1. The lowest BCUT2D eigenvalue weighted by molar-refractivity contribution is 0.112. The molecule has 2 aromatic heterocycles.